The molecule has 0 radical (unpaired) electrons. The molecule has 0 aromatic rings. The van der Waals surface area contributed by atoms with Gasteiger partial charge in [0.05, 0.1) is 5.92 Å². The van der Waals surface area contributed by atoms with Crippen LogP contribution in [-0.2, 0) is 4.79 Å². The van der Waals surface area contributed by atoms with Crippen molar-refractivity contribution in [1.29, 1.82) is 0 Å². The van der Waals surface area contributed by atoms with E-state index in [4.69, 9.17) is 5.11 Å². The number of hydrogen-bond acceptors (Lipinski definition) is 2. The maximum Gasteiger partial charge on any atom is 0.317 e. The van der Waals surface area contributed by atoms with Gasteiger partial charge in [-0.3, -0.25) is 4.79 Å². The van der Waals surface area contributed by atoms with Crippen LogP contribution in [0.25, 0.3) is 0 Å². The van der Waals surface area contributed by atoms with Crippen LogP contribution in [0.1, 0.15) is 32.6 Å². The van der Waals surface area contributed by atoms with E-state index in [2.05, 4.69) is 5.32 Å². The molecule has 1 fully saturated rings. The fourth-order valence-corrected chi connectivity index (χ4v) is 1.48. The van der Waals surface area contributed by atoms with Gasteiger partial charge in [0.1, 0.15) is 0 Å². The van der Waals surface area contributed by atoms with Gasteiger partial charge in [-0.05, 0) is 25.7 Å². The van der Waals surface area contributed by atoms with E-state index in [1.165, 1.54) is 0 Å². The Hall–Kier alpha value is -1.26. The van der Waals surface area contributed by atoms with Crippen molar-refractivity contribution >= 4 is 12.0 Å². The molecule has 1 atom stereocenters. The first-order valence-electron chi connectivity index (χ1n) is 5.76. The monoisotopic (exact) mass is 228 g/mol. The van der Waals surface area contributed by atoms with Crippen LogP contribution in [0.3, 0.4) is 0 Å². The third-order valence-electron chi connectivity index (χ3n) is 2.93. The number of carboxylic acids is 1. The van der Waals surface area contributed by atoms with E-state index in [0.717, 1.165) is 12.8 Å². The second-order valence-electron chi connectivity index (χ2n) is 4.46. The average molecular weight is 228 g/mol. The molecule has 5 heteroatoms. The van der Waals surface area contributed by atoms with Crippen LogP contribution < -0.4 is 5.32 Å². The summed E-state index contributed by atoms with van der Waals surface area (Å²) in [5.41, 5.74) is 0. The number of carbonyl (C=O) groups excluding carboxylic acids is 1. The van der Waals surface area contributed by atoms with Crippen molar-refractivity contribution in [3.8, 4) is 0 Å². The fraction of sp³-hybridized carbons (Fsp3) is 0.818. The normalized spacial score (nSPS) is 16.6. The molecule has 0 aromatic carbocycles. The molecule has 0 aromatic heterocycles. The van der Waals surface area contributed by atoms with Gasteiger partial charge in [0.2, 0.25) is 0 Å². The lowest BCUT2D eigenvalue weighted by Crippen LogP contribution is -2.39. The zero-order valence-corrected chi connectivity index (χ0v) is 9.90. The van der Waals surface area contributed by atoms with Gasteiger partial charge < -0.3 is 15.3 Å². The highest BCUT2D eigenvalue weighted by Crippen LogP contribution is 2.25. The highest BCUT2D eigenvalue weighted by atomic mass is 16.4. The Bertz CT molecular complexity index is 264. The molecule has 1 aliphatic rings. The summed E-state index contributed by atoms with van der Waals surface area (Å²) >= 11 is 0. The smallest absolute Gasteiger partial charge is 0.317 e. The van der Waals surface area contributed by atoms with E-state index >= 15 is 0 Å². The molecule has 2 N–H and O–H groups in total. The molecule has 1 rings (SSSR count). The van der Waals surface area contributed by atoms with Gasteiger partial charge in [-0.2, -0.15) is 0 Å². The predicted molar refractivity (Wildman–Crippen MR) is 60.2 cm³/mol. The Labute approximate surface area is 95.8 Å². The predicted octanol–water partition coefficient (Wildman–Crippen LogP) is 1.29. The molecule has 0 spiro atoms. The number of aliphatic carboxylic acids is 1. The van der Waals surface area contributed by atoms with Crippen LogP contribution >= 0.6 is 0 Å². The Morgan fingerprint density at radius 3 is 2.62 bits per heavy atom. The third kappa shape index (κ3) is 4.08. The first-order chi connectivity index (χ1) is 7.52. The quantitative estimate of drug-likeness (QED) is 0.673. The van der Waals surface area contributed by atoms with Crippen LogP contribution in [0.4, 0.5) is 4.79 Å². The number of carbonyl (C=O) groups is 2. The lowest BCUT2D eigenvalue weighted by Gasteiger charge is -2.17. The van der Waals surface area contributed by atoms with Crippen LogP contribution in [0.5, 0.6) is 0 Å². The summed E-state index contributed by atoms with van der Waals surface area (Å²) in [6, 6.07) is 0.364. The molecule has 0 bridgehead atoms. The molecule has 1 saturated carbocycles. The number of nitrogens with one attached hydrogen (secondary N) is 1. The van der Waals surface area contributed by atoms with Gasteiger partial charge in [0.15, 0.2) is 0 Å². The molecular formula is C11H20N2O3. The first-order valence-corrected chi connectivity index (χ1v) is 5.76. The van der Waals surface area contributed by atoms with Crippen LogP contribution in [-0.4, -0.2) is 41.6 Å². The number of rotatable bonds is 6. The van der Waals surface area contributed by atoms with Crippen molar-refractivity contribution < 1.29 is 14.7 Å². The minimum absolute atomic E-state index is 0.0505. The van der Waals surface area contributed by atoms with Crippen molar-refractivity contribution in [1.82, 2.24) is 10.2 Å². The number of hydrogen-bond donors (Lipinski definition) is 2. The van der Waals surface area contributed by atoms with E-state index in [-0.39, 0.29) is 11.9 Å². The van der Waals surface area contributed by atoms with Crippen molar-refractivity contribution in [3.63, 3.8) is 0 Å². The largest absolute Gasteiger partial charge is 0.481 e. The van der Waals surface area contributed by atoms with E-state index in [9.17, 15) is 9.59 Å². The van der Waals surface area contributed by atoms with Crippen molar-refractivity contribution in [2.24, 2.45) is 5.92 Å². The van der Waals surface area contributed by atoms with Gasteiger partial charge in [0.25, 0.3) is 0 Å². The zero-order valence-electron chi connectivity index (χ0n) is 9.90. The summed E-state index contributed by atoms with van der Waals surface area (Å²) in [6.07, 6.45) is 3.50. The van der Waals surface area contributed by atoms with Crippen LogP contribution in [0, 0.1) is 5.92 Å². The fourth-order valence-electron chi connectivity index (χ4n) is 1.48. The second kappa shape index (κ2) is 5.72. The Balaban J connectivity index is 2.06. The van der Waals surface area contributed by atoms with Crippen molar-refractivity contribution in [3.05, 3.63) is 0 Å². The molecule has 2 amide bonds. The summed E-state index contributed by atoms with van der Waals surface area (Å²) in [5, 5.41) is 11.5. The zero-order chi connectivity index (χ0) is 12.1. The molecule has 5 nitrogen and oxygen atoms in total. The summed E-state index contributed by atoms with van der Waals surface area (Å²) in [5.74, 6) is -1.11. The maximum absolute atomic E-state index is 11.5. The van der Waals surface area contributed by atoms with Gasteiger partial charge in [-0.25, -0.2) is 4.79 Å². The second-order valence-corrected chi connectivity index (χ2v) is 4.46. The minimum Gasteiger partial charge on any atom is -0.481 e. The Morgan fingerprint density at radius 1 is 1.50 bits per heavy atom. The van der Waals surface area contributed by atoms with Gasteiger partial charge in [-0.15, -0.1) is 0 Å². The molecule has 1 aliphatic carbocycles. The molecule has 0 heterocycles. The summed E-state index contributed by atoms with van der Waals surface area (Å²) in [4.78, 5) is 23.8. The molecule has 16 heavy (non-hydrogen) atoms. The third-order valence-corrected chi connectivity index (χ3v) is 2.93. The number of nitrogens with zero attached hydrogens (tertiary/aromatic N) is 1. The summed E-state index contributed by atoms with van der Waals surface area (Å²) < 4.78 is 0. The number of urea groups is 1. The number of amides is 2. The average Bonchev–Trinajstić information content (AvgIpc) is 3.06. The lowest BCUT2D eigenvalue weighted by molar-refractivity contribution is -0.141. The summed E-state index contributed by atoms with van der Waals surface area (Å²) in [7, 11) is 1.80. The standard InChI is InChI=1S/C11H20N2O3/c1-8(10(14)15)4-3-7-12-11(16)13(2)9-5-6-9/h8-9H,3-7H2,1-2H3,(H,12,16)(H,14,15). The highest BCUT2D eigenvalue weighted by molar-refractivity contribution is 5.74. The Morgan fingerprint density at radius 2 is 2.12 bits per heavy atom. The van der Waals surface area contributed by atoms with Gasteiger partial charge >= 0.3 is 12.0 Å². The number of carboxylic acid groups (broad SMARTS) is 1. The topological polar surface area (TPSA) is 69.6 Å². The molecule has 0 saturated heterocycles. The van der Waals surface area contributed by atoms with E-state index in [1.54, 1.807) is 18.9 Å². The maximum atomic E-state index is 11.5. The van der Waals surface area contributed by atoms with E-state index in [0.29, 0.717) is 25.4 Å². The summed E-state index contributed by atoms with van der Waals surface area (Å²) in [6.45, 7) is 2.23. The first kappa shape index (κ1) is 12.8. The molecule has 92 valence electrons. The highest BCUT2D eigenvalue weighted by Gasteiger charge is 2.29. The molecule has 0 aliphatic heterocycles. The molecular weight excluding hydrogens is 208 g/mol. The minimum atomic E-state index is -0.776. The van der Waals surface area contributed by atoms with E-state index < -0.39 is 5.97 Å². The molecule has 1 unspecified atom stereocenters. The van der Waals surface area contributed by atoms with Crippen LogP contribution in [0.2, 0.25) is 0 Å². The van der Waals surface area contributed by atoms with Crippen molar-refractivity contribution in [2.75, 3.05) is 13.6 Å². The van der Waals surface area contributed by atoms with E-state index in [1.807, 2.05) is 0 Å². The SMILES string of the molecule is CC(CCCNC(=O)N(C)C1CC1)C(=O)O. The lowest BCUT2D eigenvalue weighted by atomic mass is 10.1. The Kier molecular flexibility index (Phi) is 4.58. The van der Waals surface area contributed by atoms with Gasteiger partial charge in [-0.1, -0.05) is 6.92 Å². The van der Waals surface area contributed by atoms with Crippen molar-refractivity contribution in [2.45, 2.75) is 38.6 Å². The van der Waals surface area contributed by atoms with Gasteiger partial charge in [0, 0.05) is 19.6 Å². The van der Waals surface area contributed by atoms with Crippen LogP contribution in [0.15, 0.2) is 0 Å².